The van der Waals surface area contributed by atoms with Gasteiger partial charge in [-0.3, -0.25) is 29.0 Å². The number of hydrogen-bond acceptors (Lipinski definition) is 4. The fraction of sp³-hybridized carbons (Fsp3) is 0.300. The van der Waals surface area contributed by atoms with Gasteiger partial charge in [-0.15, -0.1) is 0 Å². The number of benzene rings is 2. The Morgan fingerprint density at radius 1 is 0.500 bits per heavy atom. The first kappa shape index (κ1) is 26.8. The SMILES string of the molecule is O=C1c2c(Cl)c(Cl)c3c4c(c(Cl)c(Cl)c(c24)C(=O)N1CCC(F)(F)F)C(=O)N(CCC(F)(F)F)C3=O. The molecule has 2 aromatic carbocycles. The highest BCUT2D eigenvalue weighted by Crippen LogP contribution is 2.50. The molecule has 0 bridgehead atoms. The van der Waals surface area contributed by atoms with E-state index in [4.69, 9.17) is 46.4 Å². The molecule has 0 radical (unpaired) electrons. The van der Waals surface area contributed by atoms with Crippen LogP contribution in [0, 0.1) is 0 Å². The van der Waals surface area contributed by atoms with Gasteiger partial charge in [0.15, 0.2) is 0 Å². The number of hydrogen-bond donors (Lipinski definition) is 0. The second-order valence-electron chi connectivity index (χ2n) is 7.76. The maximum Gasteiger partial charge on any atom is 0.390 e. The first-order valence-electron chi connectivity index (χ1n) is 9.69. The molecule has 0 spiro atoms. The van der Waals surface area contributed by atoms with Crippen LogP contribution >= 0.6 is 46.4 Å². The number of amides is 4. The van der Waals surface area contributed by atoms with Gasteiger partial charge in [0, 0.05) is 23.9 Å². The van der Waals surface area contributed by atoms with E-state index in [0.717, 1.165) is 0 Å². The third kappa shape index (κ3) is 4.07. The summed E-state index contributed by atoms with van der Waals surface area (Å²) in [5.74, 6) is -5.23. The molecule has 6 nitrogen and oxygen atoms in total. The summed E-state index contributed by atoms with van der Waals surface area (Å²) in [5.41, 5.74) is -2.44. The summed E-state index contributed by atoms with van der Waals surface area (Å²) in [6.45, 7) is -2.23. The zero-order valence-electron chi connectivity index (χ0n) is 17.1. The lowest BCUT2D eigenvalue weighted by Gasteiger charge is -2.34. The largest absolute Gasteiger partial charge is 0.390 e. The van der Waals surface area contributed by atoms with Crippen LogP contribution in [0.2, 0.25) is 20.1 Å². The summed E-state index contributed by atoms with van der Waals surface area (Å²) in [6, 6.07) is 0. The number of carbonyl (C=O) groups is 4. The number of carbonyl (C=O) groups excluding carboxylic acids is 4. The molecule has 2 aliphatic rings. The molecule has 0 aliphatic carbocycles. The van der Waals surface area contributed by atoms with Gasteiger partial charge >= 0.3 is 12.4 Å². The van der Waals surface area contributed by atoms with Gasteiger partial charge in [0.25, 0.3) is 23.6 Å². The van der Waals surface area contributed by atoms with E-state index in [9.17, 15) is 45.5 Å². The molecule has 2 aliphatic heterocycles. The first-order chi connectivity index (χ1) is 16.5. The van der Waals surface area contributed by atoms with Crippen molar-refractivity contribution in [2.75, 3.05) is 13.1 Å². The van der Waals surface area contributed by atoms with Gasteiger partial charge in [0.1, 0.15) is 0 Å². The highest BCUT2D eigenvalue weighted by molar-refractivity contribution is 6.54. The number of imide groups is 2. The number of halogens is 10. The lowest BCUT2D eigenvalue weighted by atomic mass is 9.85. The molecule has 192 valence electrons. The van der Waals surface area contributed by atoms with Crippen LogP contribution < -0.4 is 0 Å². The molecule has 4 amide bonds. The third-order valence-corrected chi connectivity index (χ3v) is 7.29. The van der Waals surface area contributed by atoms with Gasteiger partial charge in [-0.05, 0) is 0 Å². The van der Waals surface area contributed by atoms with Gasteiger partial charge < -0.3 is 0 Å². The highest BCUT2D eigenvalue weighted by Gasteiger charge is 2.46. The van der Waals surface area contributed by atoms with Gasteiger partial charge in [0.2, 0.25) is 0 Å². The number of nitrogens with zero attached hydrogens (tertiary/aromatic N) is 2. The average molecular weight is 596 g/mol. The minimum absolute atomic E-state index is 0.222. The van der Waals surface area contributed by atoms with Crippen molar-refractivity contribution < 1.29 is 45.5 Å². The van der Waals surface area contributed by atoms with E-state index in [1.54, 1.807) is 0 Å². The van der Waals surface area contributed by atoms with Crippen molar-refractivity contribution in [3.05, 3.63) is 42.3 Å². The molecule has 2 aromatic rings. The molecule has 16 heteroatoms. The second-order valence-corrected chi connectivity index (χ2v) is 9.27. The Morgan fingerprint density at radius 3 is 0.917 bits per heavy atom. The molecule has 0 N–H and O–H groups in total. The van der Waals surface area contributed by atoms with Crippen molar-refractivity contribution >= 4 is 80.8 Å². The lowest BCUT2D eigenvalue weighted by molar-refractivity contribution is -0.136. The molecule has 0 atom stereocenters. The minimum Gasteiger partial charge on any atom is -0.274 e. The standard InChI is InChI=1S/C20H8Cl4F6N2O4/c21-11-7-5-6-9(13(11)23)17(35)32(4-2-20(28,29)30)18(36)10(6)14(24)12(22)8(5)16(34)31(15(7)33)3-1-19(25,26)27/h1-4H2. The van der Waals surface area contributed by atoms with E-state index in [2.05, 4.69) is 0 Å². The number of alkyl halides is 6. The van der Waals surface area contributed by atoms with E-state index in [1.165, 1.54) is 0 Å². The fourth-order valence-electron chi connectivity index (χ4n) is 4.04. The van der Waals surface area contributed by atoms with Crippen molar-refractivity contribution in [3.63, 3.8) is 0 Å². The molecule has 2 heterocycles. The molecule has 36 heavy (non-hydrogen) atoms. The lowest BCUT2D eigenvalue weighted by Crippen LogP contribution is -2.45. The van der Waals surface area contributed by atoms with Crippen LogP contribution in [0.15, 0.2) is 0 Å². The predicted octanol–water partition coefficient (Wildman–Crippen LogP) is 6.55. The van der Waals surface area contributed by atoms with Gasteiger partial charge in [-0.1, -0.05) is 46.4 Å². The van der Waals surface area contributed by atoms with E-state index in [-0.39, 0.29) is 9.80 Å². The smallest absolute Gasteiger partial charge is 0.274 e. The summed E-state index contributed by atoms with van der Waals surface area (Å²) in [6.07, 6.45) is -12.6. The Morgan fingerprint density at radius 2 is 0.722 bits per heavy atom. The molecule has 0 saturated carbocycles. The predicted molar refractivity (Wildman–Crippen MR) is 116 cm³/mol. The Bertz CT molecular complexity index is 1220. The molecular formula is C20H8Cl4F6N2O4. The van der Waals surface area contributed by atoms with E-state index in [1.807, 2.05) is 0 Å². The second kappa shape index (κ2) is 8.64. The summed E-state index contributed by atoms with van der Waals surface area (Å²) in [4.78, 5) is 52.8. The molecule has 4 rings (SSSR count). The van der Waals surface area contributed by atoms with Crippen LogP contribution in [0.25, 0.3) is 10.8 Å². The fourth-order valence-corrected chi connectivity index (χ4v) is 5.12. The maximum absolute atomic E-state index is 13.1. The Hall–Kier alpha value is -2.28. The molecule has 0 aromatic heterocycles. The van der Waals surface area contributed by atoms with Gasteiger partial charge in [-0.2, -0.15) is 26.3 Å². The van der Waals surface area contributed by atoms with Gasteiger partial charge in [0.05, 0.1) is 55.2 Å². The summed E-state index contributed by atoms with van der Waals surface area (Å²) < 4.78 is 76.8. The van der Waals surface area contributed by atoms with Crippen LogP contribution in [0.5, 0.6) is 0 Å². The van der Waals surface area contributed by atoms with E-state index < -0.39 is 115 Å². The average Bonchev–Trinajstić information content (AvgIpc) is 2.73. The van der Waals surface area contributed by atoms with Gasteiger partial charge in [-0.25, -0.2) is 0 Å². The normalized spacial score (nSPS) is 16.1. The van der Waals surface area contributed by atoms with Crippen molar-refractivity contribution in [1.29, 1.82) is 0 Å². The van der Waals surface area contributed by atoms with Crippen LogP contribution in [0.1, 0.15) is 54.3 Å². The summed E-state index contributed by atoms with van der Waals surface area (Å²) in [5, 5.41) is -3.59. The van der Waals surface area contributed by atoms with Crippen LogP contribution in [0.4, 0.5) is 26.3 Å². The van der Waals surface area contributed by atoms with Crippen molar-refractivity contribution in [2.45, 2.75) is 25.2 Å². The Kier molecular flexibility index (Phi) is 6.43. The maximum atomic E-state index is 13.1. The van der Waals surface area contributed by atoms with Crippen molar-refractivity contribution in [3.8, 4) is 0 Å². The summed E-state index contributed by atoms with van der Waals surface area (Å²) in [7, 11) is 0. The molecule has 0 fully saturated rings. The van der Waals surface area contributed by atoms with E-state index >= 15 is 0 Å². The Labute approximate surface area is 216 Å². The monoisotopic (exact) mass is 594 g/mol. The van der Waals surface area contributed by atoms with Crippen LogP contribution in [0.3, 0.4) is 0 Å². The molecular weight excluding hydrogens is 588 g/mol. The zero-order valence-corrected chi connectivity index (χ0v) is 20.2. The highest BCUT2D eigenvalue weighted by atomic mass is 35.5. The van der Waals surface area contributed by atoms with Crippen molar-refractivity contribution in [1.82, 2.24) is 9.80 Å². The van der Waals surface area contributed by atoms with Crippen molar-refractivity contribution in [2.24, 2.45) is 0 Å². The summed E-state index contributed by atoms with van der Waals surface area (Å²) >= 11 is 24.8. The quantitative estimate of drug-likeness (QED) is 0.297. The first-order valence-corrected chi connectivity index (χ1v) is 11.2. The third-order valence-electron chi connectivity index (χ3n) is 5.59. The minimum atomic E-state index is -4.74. The van der Waals surface area contributed by atoms with Crippen LogP contribution in [-0.2, 0) is 0 Å². The molecule has 0 unspecified atom stereocenters. The molecule has 0 saturated heterocycles. The zero-order chi connectivity index (χ0) is 27.1. The Balaban J connectivity index is 2.02. The number of rotatable bonds is 4. The van der Waals surface area contributed by atoms with Crippen LogP contribution in [-0.4, -0.2) is 58.9 Å². The topological polar surface area (TPSA) is 74.8 Å². The van der Waals surface area contributed by atoms with E-state index in [0.29, 0.717) is 0 Å².